The molecule has 0 unspecified atom stereocenters. The van der Waals surface area contributed by atoms with Gasteiger partial charge in [-0.15, -0.1) is 0 Å². The van der Waals surface area contributed by atoms with Gasteiger partial charge in [-0.2, -0.15) is 5.26 Å². The van der Waals surface area contributed by atoms with Crippen LogP contribution in [0.4, 0.5) is 17.3 Å². The molecule has 0 saturated carbocycles. The second kappa shape index (κ2) is 5.24. The number of nitrogens with zero attached hydrogens (tertiary/aromatic N) is 3. The van der Waals surface area contributed by atoms with Crippen LogP contribution in [-0.4, -0.2) is 9.97 Å². The molecule has 2 rings (SSSR count). The van der Waals surface area contributed by atoms with Gasteiger partial charge in [-0.1, -0.05) is 15.9 Å². The topological polar surface area (TPSA) is 87.6 Å². The molecule has 0 atom stereocenters. The summed E-state index contributed by atoms with van der Waals surface area (Å²) in [6, 6.07) is 7.56. The number of nitriles is 1. The van der Waals surface area contributed by atoms with Crippen LogP contribution in [0.15, 0.2) is 22.7 Å². The lowest BCUT2D eigenvalue weighted by Gasteiger charge is -2.12. The quantitative estimate of drug-likeness (QED) is 0.888. The van der Waals surface area contributed by atoms with Crippen LogP contribution < -0.4 is 11.1 Å². The summed E-state index contributed by atoms with van der Waals surface area (Å²) in [7, 11) is 0. The lowest BCUT2D eigenvalue weighted by Crippen LogP contribution is -2.05. The molecule has 0 amide bonds. The van der Waals surface area contributed by atoms with Crippen LogP contribution in [0.2, 0.25) is 0 Å². The first-order chi connectivity index (χ1) is 9.01. The summed E-state index contributed by atoms with van der Waals surface area (Å²) in [4.78, 5) is 8.39. The molecule has 0 saturated heterocycles. The van der Waals surface area contributed by atoms with Crippen molar-refractivity contribution < 1.29 is 0 Å². The molecule has 19 heavy (non-hydrogen) atoms. The lowest BCUT2D eigenvalue weighted by atomic mass is 10.2. The molecule has 0 radical (unpaired) electrons. The Labute approximate surface area is 119 Å². The second-order valence-corrected chi connectivity index (χ2v) is 4.97. The Morgan fingerprint density at radius 2 is 2.05 bits per heavy atom. The number of nitrogen functional groups attached to an aromatic ring is 1. The van der Waals surface area contributed by atoms with Crippen LogP contribution in [0.5, 0.6) is 0 Å². The molecule has 0 aliphatic rings. The number of halogens is 1. The highest BCUT2D eigenvalue weighted by molar-refractivity contribution is 9.10. The minimum absolute atomic E-state index is 0.436. The number of rotatable bonds is 2. The van der Waals surface area contributed by atoms with Crippen molar-refractivity contribution in [3.8, 4) is 6.07 Å². The number of aryl methyl sites for hydroxylation is 1. The molecule has 0 bridgehead atoms. The SMILES string of the molecule is Cc1nc(N)c(C)c(Nc2ccc(Br)cc2C#N)n1. The molecule has 2 aromatic rings. The number of aromatic nitrogens is 2. The monoisotopic (exact) mass is 317 g/mol. The lowest BCUT2D eigenvalue weighted by molar-refractivity contribution is 1.04. The van der Waals surface area contributed by atoms with E-state index in [2.05, 4.69) is 37.3 Å². The normalized spacial score (nSPS) is 10.0. The van der Waals surface area contributed by atoms with Crippen molar-refractivity contribution in [2.45, 2.75) is 13.8 Å². The number of hydrogen-bond acceptors (Lipinski definition) is 5. The average molecular weight is 318 g/mol. The Morgan fingerprint density at radius 3 is 2.74 bits per heavy atom. The molecule has 1 aromatic heterocycles. The smallest absolute Gasteiger partial charge is 0.139 e. The third kappa shape index (κ3) is 2.83. The van der Waals surface area contributed by atoms with E-state index in [0.717, 1.165) is 10.0 Å². The highest BCUT2D eigenvalue weighted by Crippen LogP contribution is 2.26. The summed E-state index contributed by atoms with van der Waals surface area (Å²) in [5, 5.41) is 12.3. The zero-order valence-corrected chi connectivity index (χ0v) is 12.1. The van der Waals surface area contributed by atoms with E-state index in [9.17, 15) is 0 Å². The Hall–Kier alpha value is -2.13. The predicted octanol–water partition coefficient (Wildman–Crippen LogP) is 3.05. The summed E-state index contributed by atoms with van der Waals surface area (Å²) >= 11 is 3.34. The highest BCUT2D eigenvalue weighted by atomic mass is 79.9. The van der Waals surface area contributed by atoms with Crippen molar-refractivity contribution in [2.24, 2.45) is 0 Å². The van der Waals surface area contributed by atoms with Crippen LogP contribution in [-0.2, 0) is 0 Å². The maximum absolute atomic E-state index is 9.13. The van der Waals surface area contributed by atoms with Gasteiger partial charge in [0.05, 0.1) is 11.3 Å². The molecular weight excluding hydrogens is 306 g/mol. The van der Waals surface area contributed by atoms with Gasteiger partial charge in [0.25, 0.3) is 0 Å². The summed E-state index contributed by atoms with van der Waals surface area (Å²) in [6.07, 6.45) is 0. The number of benzene rings is 1. The van der Waals surface area contributed by atoms with Crippen molar-refractivity contribution in [3.63, 3.8) is 0 Å². The number of nitrogens with one attached hydrogen (secondary N) is 1. The Morgan fingerprint density at radius 1 is 1.32 bits per heavy atom. The van der Waals surface area contributed by atoms with Crippen LogP contribution in [0, 0.1) is 25.2 Å². The molecule has 1 heterocycles. The van der Waals surface area contributed by atoms with Gasteiger partial charge in [0, 0.05) is 10.0 Å². The van der Waals surface area contributed by atoms with Gasteiger partial charge in [-0.05, 0) is 32.0 Å². The van der Waals surface area contributed by atoms with Crippen molar-refractivity contribution >= 4 is 33.3 Å². The van der Waals surface area contributed by atoms with E-state index in [1.54, 1.807) is 13.0 Å². The molecule has 0 fully saturated rings. The fraction of sp³-hybridized carbons (Fsp3) is 0.154. The Bertz CT molecular complexity index is 675. The highest BCUT2D eigenvalue weighted by Gasteiger charge is 2.09. The van der Waals surface area contributed by atoms with Crippen molar-refractivity contribution in [2.75, 3.05) is 11.1 Å². The minimum atomic E-state index is 0.436. The van der Waals surface area contributed by atoms with Gasteiger partial charge in [0.15, 0.2) is 0 Å². The maximum Gasteiger partial charge on any atom is 0.139 e. The van der Waals surface area contributed by atoms with Crippen LogP contribution in [0.1, 0.15) is 17.0 Å². The van der Waals surface area contributed by atoms with Crippen LogP contribution in [0.25, 0.3) is 0 Å². The first-order valence-corrected chi connectivity index (χ1v) is 6.38. The van der Waals surface area contributed by atoms with Crippen molar-refractivity contribution in [1.82, 2.24) is 9.97 Å². The number of anilines is 3. The van der Waals surface area contributed by atoms with Gasteiger partial charge in [0.2, 0.25) is 0 Å². The zero-order valence-electron chi connectivity index (χ0n) is 10.5. The van der Waals surface area contributed by atoms with E-state index < -0.39 is 0 Å². The number of hydrogen-bond donors (Lipinski definition) is 2. The molecule has 5 nitrogen and oxygen atoms in total. The Balaban J connectivity index is 2.45. The van der Waals surface area contributed by atoms with E-state index in [4.69, 9.17) is 11.0 Å². The summed E-state index contributed by atoms with van der Waals surface area (Å²) in [5.41, 5.74) is 7.79. The zero-order chi connectivity index (χ0) is 14.0. The predicted molar refractivity (Wildman–Crippen MR) is 78.1 cm³/mol. The fourth-order valence-electron chi connectivity index (χ4n) is 1.62. The maximum atomic E-state index is 9.13. The van der Waals surface area contributed by atoms with E-state index in [0.29, 0.717) is 28.7 Å². The number of nitrogens with two attached hydrogens (primary N) is 1. The van der Waals surface area contributed by atoms with Crippen LogP contribution in [0.3, 0.4) is 0 Å². The molecule has 96 valence electrons. The summed E-state index contributed by atoms with van der Waals surface area (Å²) < 4.78 is 0.852. The Kier molecular flexibility index (Phi) is 3.67. The van der Waals surface area contributed by atoms with Gasteiger partial charge >= 0.3 is 0 Å². The standard InChI is InChI=1S/C13H12BrN5/c1-7-12(16)17-8(2)18-13(7)19-11-4-3-10(14)5-9(11)6-15/h3-5H,1-2H3,(H3,16,17,18,19). The van der Waals surface area contributed by atoms with E-state index >= 15 is 0 Å². The van der Waals surface area contributed by atoms with E-state index in [1.807, 2.05) is 19.1 Å². The summed E-state index contributed by atoms with van der Waals surface area (Å²) in [6.45, 7) is 3.61. The largest absolute Gasteiger partial charge is 0.383 e. The third-order valence-electron chi connectivity index (χ3n) is 2.65. The molecule has 0 aliphatic carbocycles. The summed E-state index contributed by atoms with van der Waals surface area (Å²) in [5.74, 6) is 1.63. The first-order valence-electron chi connectivity index (χ1n) is 5.58. The van der Waals surface area contributed by atoms with E-state index in [-0.39, 0.29) is 0 Å². The van der Waals surface area contributed by atoms with Gasteiger partial charge in [0.1, 0.15) is 23.5 Å². The van der Waals surface area contributed by atoms with Gasteiger partial charge in [-0.3, -0.25) is 0 Å². The molecular formula is C13H12BrN5. The van der Waals surface area contributed by atoms with Gasteiger partial charge < -0.3 is 11.1 Å². The fourth-order valence-corrected chi connectivity index (χ4v) is 1.98. The first kappa shape index (κ1) is 13.3. The van der Waals surface area contributed by atoms with Crippen LogP contribution >= 0.6 is 15.9 Å². The molecule has 0 spiro atoms. The van der Waals surface area contributed by atoms with E-state index in [1.165, 1.54) is 0 Å². The third-order valence-corrected chi connectivity index (χ3v) is 3.14. The van der Waals surface area contributed by atoms with Gasteiger partial charge in [-0.25, -0.2) is 9.97 Å². The van der Waals surface area contributed by atoms with Crippen molar-refractivity contribution in [1.29, 1.82) is 5.26 Å². The molecule has 3 N–H and O–H groups in total. The minimum Gasteiger partial charge on any atom is -0.383 e. The molecule has 6 heteroatoms. The average Bonchev–Trinajstić information content (AvgIpc) is 2.37. The molecule has 0 aliphatic heterocycles. The molecule has 1 aromatic carbocycles. The van der Waals surface area contributed by atoms with Crippen molar-refractivity contribution in [3.05, 3.63) is 39.6 Å². The second-order valence-electron chi connectivity index (χ2n) is 4.06.